The molecule has 4 rings (SSSR count). The van der Waals surface area contributed by atoms with E-state index >= 15 is 0 Å². The van der Waals surface area contributed by atoms with E-state index in [1.165, 1.54) is 16.1 Å². The monoisotopic (exact) mass is 579 g/mol. The molecule has 3 heterocycles. The molecule has 0 bridgehead atoms. The Morgan fingerprint density at radius 2 is 1.59 bits per heavy atom. The van der Waals surface area contributed by atoms with Crippen molar-refractivity contribution in [3.63, 3.8) is 0 Å². The number of thiazole rings is 1. The Kier molecular flexibility index (Phi) is 10.9. The number of nitrogens with zero attached hydrogens (tertiary/aromatic N) is 5. The zero-order chi connectivity index (χ0) is 16.2. The first kappa shape index (κ1) is 24.4. The molecule has 1 fully saturated rings. The summed E-state index contributed by atoms with van der Waals surface area (Å²) >= 11 is 1.83. The van der Waals surface area contributed by atoms with Gasteiger partial charge in [0.15, 0.2) is 0 Å². The van der Waals surface area contributed by atoms with E-state index in [2.05, 4.69) is 44.0 Å². The number of aromatic nitrogens is 3. The zero-order valence-electron chi connectivity index (χ0n) is 14.9. The second-order valence-electron chi connectivity index (χ2n) is 6.06. The molecule has 0 N–H and O–H groups in total. The topological polar surface area (TPSA) is 45.2 Å². The van der Waals surface area contributed by atoms with Gasteiger partial charge in [-0.05, 0) is 31.2 Å². The predicted molar refractivity (Wildman–Crippen MR) is 130 cm³/mol. The van der Waals surface area contributed by atoms with E-state index in [-0.39, 0.29) is 50.9 Å². The Bertz CT molecular complexity index is 761. The smallest absolute Gasteiger partial charge is 0.225 e. The van der Waals surface area contributed by atoms with E-state index in [1.807, 2.05) is 29.8 Å². The van der Waals surface area contributed by atoms with Gasteiger partial charge in [-0.3, -0.25) is 4.90 Å². The standard InChI is InChI=1S/C18H21N5S.3BrH/c1-2-6-16-15(5-1)21-17(24-16)7-3-10-22-11-13-23(14-12-22)18-19-8-4-9-20-18;;;/h1-2,4-6,8-9H,3,7,10-14H2;3*1H. The van der Waals surface area contributed by atoms with Crippen molar-refractivity contribution in [1.82, 2.24) is 19.9 Å². The van der Waals surface area contributed by atoms with Crippen LogP contribution >= 0.6 is 62.3 Å². The fourth-order valence-corrected chi connectivity index (χ4v) is 4.12. The first-order valence-corrected chi connectivity index (χ1v) is 9.29. The molecule has 5 nitrogen and oxygen atoms in total. The molecule has 2 aromatic heterocycles. The molecule has 148 valence electrons. The lowest BCUT2D eigenvalue weighted by Gasteiger charge is -2.34. The molecular formula is C18H24Br3N5S. The molecule has 0 unspecified atom stereocenters. The SMILES string of the molecule is Br.Br.Br.c1cnc(N2CCN(CCCc3nc4ccccc4s3)CC2)nc1. The first-order chi connectivity index (χ1) is 11.9. The zero-order valence-corrected chi connectivity index (χ0v) is 20.8. The fourth-order valence-electron chi connectivity index (χ4n) is 3.11. The van der Waals surface area contributed by atoms with Gasteiger partial charge in [0, 0.05) is 45.0 Å². The van der Waals surface area contributed by atoms with E-state index in [9.17, 15) is 0 Å². The predicted octanol–water partition coefficient (Wildman–Crippen LogP) is 4.57. The van der Waals surface area contributed by atoms with E-state index in [1.54, 1.807) is 0 Å². The van der Waals surface area contributed by atoms with E-state index in [4.69, 9.17) is 4.98 Å². The molecule has 0 aliphatic carbocycles. The second kappa shape index (κ2) is 12.1. The van der Waals surface area contributed by atoms with Crippen molar-refractivity contribution in [2.24, 2.45) is 0 Å². The minimum atomic E-state index is 0. The number of halogens is 3. The van der Waals surface area contributed by atoms with E-state index in [0.717, 1.165) is 50.6 Å². The third kappa shape index (κ3) is 6.45. The van der Waals surface area contributed by atoms with E-state index in [0.29, 0.717) is 0 Å². The van der Waals surface area contributed by atoms with Crippen LogP contribution in [0.25, 0.3) is 10.2 Å². The highest BCUT2D eigenvalue weighted by Gasteiger charge is 2.18. The van der Waals surface area contributed by atoms with Crippen LogP contribution in [0.3, 0.4) is 0 Å². The van der Waals surface area contributed by atoms with Crippen molar-refractivity contribution in [3.8, 4) is 0 Å². The van der Waals surface area contributed by atoms with Crippen molar-refractivity contribution in [2.75, 3.05) is 37.6 Å². The quantitative estimate of drug-likeness (QED) is 0.442. The number of aryl methyl sites for hydroxylation is 1. The Labute approximate surface area is 195 Å². The van der Waals surface area contributed by atoms with Gasteiger partial charge in [-0.1, -0.05) is 12.1 Å². The van der Waals surface area contributed by atoms with Crippen LogP contribution in [0.5, 0.6) is 0 Å². The van der Waals surface area contributed by atoms with Crippen molar-refractivity contribution < 1.29 is 0 Å². The maximum atomic E-state index is 4.72. The number of para-hydroxylation sites is 1. The average Bonchev–Trinajstić information content (AvgIpc) is 3.06. The molecule has 0 radical (unpaired) electrons. The molecule has 27 heavy (non-hydrogen) atoms. The number of benzene rings is 1. The maximum absolute atomic E-state index is 4.72. The molecule has 1 aliphatic heterocycles. The summed E-state index contributed by atoms with van der Waals surface area (Å²) in [6.07, 6.45) is 5.86. The molecule has 1 saturated heterocycles. The van der Waals surface area contributed by atoms with Crippen LogP contribution in [0.4, 0.5) is 5.95 Å². The van der Waals surface area contributed by atoms with Crippen molar-refractivity contribution in [1.29, 1.82) is 0 Å². The van der Waals surface area contributed by atoms with Crippen molar-refractivity contribution >= 4 is 78.4 Å². The molecule has 0 atom stereocenters. The molecule has 0 amide bonds. The van der Waals surface area contributed by atoms with Gasteiger partial charge in [0.25, 0.3) is 0 Å². The highest BCUT2D eigenvalue weighted by Crippen LogP contribution is 2.22. The summed E-state index contributed by atoms with van der Waals surface area (Å²) in [5.74, 6) is 0.853. The molecule has 1 aromatic carbocycles. The summed E-state index contributed by atoms with van der Waals surface area (Å²) in [6, 6.07) is 10.3. The van der Waals surface area contributed by atoms with Crippen LogP contribution < -0.4 is 4.90 Å². The van der Waals surface area contributed by atoms with Gasteiger partial charge in [-0.25, -0.2) is 15.0 Å². The largest absolute Gasteiger partial charge is 0.338 e. The van der Waals surface area contributed by atoms with Gasteiger partial charge < -0.3 is 4.90 Å². The second-order valence-corrected chi connectivity index (χ2v) is 7.17. The number of hydrogen-bond acceptors (Lipinski definition) is 6. The van der Waals surface area contributed by atoms with Crippen molar-refractivity contribution in [3.05, 3.63) is 47.7 Å². The van der Waals surface area contributed by atoms with Gasteiger partial charge in [0.2, 0.25) is 5.95 Å². The average molecular weight is 582 g/mol. The Morgan fingerprint density at radius 3 is 2.30 bits per heavy atom. The lowest BCUT2D eigenvalue weighted by atomic mass is 10.2. The number of fused-ring (bicyclic) bond motifs is 1. The summed E-state index contributed by atoms with van der Waals surface area (Å²) in [4.78, 5) is 18.2. The number of rotatable bonds is 5. The Morgan fingerprint density at radius 1 is 0.889 bits per heavy atom. The van der Waals surface area contributed by atoms with Crippen LogP contribution in [0.2, 0.25) is 0 Å². The number of anilines is 1. The Balaban J connectivity index is 0.00000121. The highest BCUT2D eigenvalue weighted by molar-refractivity contribution is 8.93. The number of hydrogen-bond donors (Lipinski definition) is 0. The maximum Gasteiger partial charge on any atom is 0.225 e. The third-order valence-electron chi connectivity index (χ3n) is 4.41. The van der Waals surface area contributed by atoms with Gasteiger partial charge in [-0.2, -0.15) is 0 Å². The fraction of sp³-hybridized carbons (Fsp3) is 0.389. The van der Waals surface area contributed by atoms with Crippen LogP contribution in [0.1, 0.15) is 11.4 Å². The summed E-state index contributed by atoms with van der Waals surface area (Å²) in [7, 11) is 0. The van der Waals surface area contributed by atoms with Crippen molar-refractivity contribution in [2.45, 2.75) is 12.8 Å². The minimum absolute atomic E-state index is 0. The van der Waals surface area contributed by atoms with E-state index < -0.39 is 0 Å². The third-order valence-corrected chi connectivity index (χ3v) is 5.51. The Hall–Kier alpha value is -0.610. The first-order valence-electron chi connectivity index (χ1n) is 8.47. The normalized spacial score (nSPS) is 14.1. The summed E-state index contributed by atoms with van der Waals surface area (Å²) in [5, 5.41) is 1.26. The summed E-state index contributed by atoms with van der Waals surface area (Å²) in [5.41, 5.74) is 1.13. The van der Waals surface area contributed by atoms with Crippen LogP contribution in [-0.4, -0.2) is 52.6 Å². The van der Waals surface area contributed by atoms with Gasteiger partial charge in [0.1, 0.15) is 0 Å². The summed E-state index contributed by atoms with van der Waals surface area (Å²) in [6.45, 7) is 5.31. The van der Waals surface area contributed by atoms with Gasteiger partial charge >= 0.3 is 0 Å². The number of piperazine rings is 1. The summed E-state index contributed by atoms with van der Waals surface area (Å²) < 4.78 is 1.30. The lowest BCUT2D eigenvalue weighted by Crippen LogP contribution is -2.47. The minimum Gasteiger partial charge on any atom is -0.338 e. The van der Waals surface area contributed by atoms with Gasteiger partial charge in [0.05, 0.1) is 15.2 Å². The van der Waals surface area contributed by atoms with Gasteiger partial charge in [-0.15, -0.1) is 62.3 Å². The molecule has 1 aliphatic rings. The highest BCUT2D eigenvalue weighted by atomic mass is 79.9. The molecule has 3 aromatic rings. The lowest BCUT2D eigenvalue weighted by molar-refractivity contribution is 0.254. The molecule has 0 saturated carbocycles. The van der Waals surface area contributed by atoms with Crippen LogP contribution in [0, 0.1) is 0 Å². The molecule has 0 spiro atoms. The van der Waals surface area contributed by atoms with Crippen LogP contribution in [-0.2, 0) is 6.42 Å². The van der Waals surface area contributed by atoms with Crippen LogP contribution in [0.15, 0.2) is 42.7 Å². The molecular weight excluding hydrogens is 558 g/mol. The molecule has 9 heteroatoms.